The third-order valence-corrected chi connectivity index (χ3v) is 1.94. The largest absolute Gasteiger partial charge is 0.405 e. The lowest BCUT2D eigenvalue weighted by Gasteiger charge is -2.10. The van der Waals surface area contributed by atoms with Gasteiger partial charge in [0.15, 0.2) is 0 Å². The second-order valence-electron chi connectivity index (χ2n) is 3.24. The molecule has 0 unspecified atom stereocenters. The predicted octanol–water partition coefficient (Wildman–Crippen LogP) is 2.16. The van der Waals surface area contributed by atoms with E-state index < -0.39 is 24.4 Å². The Morgan fingerprint density at radius 2 is 2.00 bits per heavy atom. The standard InChI is InChI=1S/C10H10F4N2O/c1-15-9(17)6-2-3-8(7(11)4-6)16-5-10(12,13)14/h2-4,16H,5H2,1H3,(H,15,17). The van der Waals surface area contributed by atoms with Gasteiger partial charge in [0.1, 0.15) is 12.4 Å². The van der Waals surface area contributed by atoms with Crippen molar-refractivity contribution in [3.05, 3.63) is 29.6 Å². The van der Waals surface area contributed by atoms with Gasteiger partial charge in [-0.1, -0.05) is 0 Å². The predicted molar refractivity (Wildman–Crippen MR) is 54.3 cm³/mol. The lowest BCUT2D eigenvalue weighted by atomic mass is 10.2. The van der Waals surface area contributed by atoms with Gasteiger partial charge in [-0.3, -0.25) is 4.79 Å². The highest BCUT2D eigenvalue weighted by atomic mass is 19.4. The summed E-state index contributed by atoms with van der Waals surface area (Å²) < 4.78 is 49.0. The lowest BCUT2D eigenvalue weighted by molar-refractivity contribution is -0.115. The number of alkyl halides is 3. The molecule has 0 bridgehead atoms. The van der Waals surface area contributed by atoms with Gasteiger partial charge >= 0.3 is 6.18 Å². The van der Waals surface area contributed by atoms with Gasteiger partial charge in [-0.05, 0) is 18.2 Å². The van der Waals surface area contributed by atoms with Crippen LogP contribution >= 0.6 is 0 Å². The van der Waals surface area contributed by atoms with Crippen molar-refractivity contribution in [3.63, 3.8) is 0 Å². The number of benzene rings is 1. The van der Waals surface area contributed by atoms with Crippen molar-refractivity contribution in [2.24, 2.45) is 0 Å². The molecule has 1 amide bonds. The highest BCUT2D eigenvalue weighted by molar-refractivity contribution is 5.94. The summed E-state index contributed by atoms with van der Waals surface area (Å²) in [5, 5.41) is 4.18. The van der Waals surface area contributed by atoms with Crippen molar-refractivity contribution in [2.75, 3.05) is 18.9 Å². The molecular weight excluding hydrogens is 240 g/mol. The zero-order valence-electron chi connectivity index (χ0n) is 8.86. The molecule has 2 N–H and O–H groups in total. The molecule has 1 aromatic carbocycles. The number of amides is 1. The fourth-order valence-corrected chi connectivity index (χ4v) is 1.14. The zero-order valence-corrected chi connectivity index (χ0v) is 8.86. The van der Waals surface area contributed by atoms with Crippen molar-refractivity contribution >= 4 is 11.6 Å². The summed E-state index contributed by atoms with van der Waals surface area (Å²) in [4.78, 5) is 11.1. The molecule has 0 saturated heterocycles. The lowest BCUT2D eigenvalue weighted by Crippen LogP contribution is -2.22. The van der Waals surface area contributed by atoms with Crippen LogP contribution in [0.3, 0.4) is 0 Å². The smallest absolute Gasteiger partial charge is 0.374 e. The van der Waals surface area contributed by atoms with Gasteiger partial charge in [-0.25, -0.2) is 4.39 Å². The molecule has 0 saturated carbocycles. The van der Waals surface area contributed by atoms with Crippen LogP contribution < -0.4 is 10.6 Å². The first-order chi connectivity index (χ1) is 7.83. The average molecular weight is 250 g/mol. The Bertz CT molecular complexity index is 417. The molecule has 0 heterocycles. The number of anilines is 1. The Labute approximate surface area is 94.8 Å². The topological polar surface area (TPSA) is 41.1 Å². The molecule has 17 heavy (non-hydrogen) atoms. The molecule has 0 aromatic heterocycles. The van der Waals surface area contributed by atoms with Crippen LogP contribution in [-0.4, -0.2) is 25.7 Å². The van der Waals surface area contributed by atoms with Gasteiger partial charge in [0, 0.05) is 12.6 Å². The van der Waals surface area contributed by atoms with Crippen molar-refractivity contribution in [2.45, 2.75) is 6.18 Å². The maximum Gasteiger partial charge on any atom is 0.405 e. The summed E-state index contributed by atoms with van der Waals surface area (Å²) in [5.74, 6) is -1.42. The number of nitrogens with one attached hydrogen (secondary N) is 2. The van der Waals surface area contributed by atoms with E-state index in [2.05, 4.69) is 5.32 Å². The maximum absolute atomic E-state index is 13.3. The fraction of sp³-hybridized carbons (Fsp3) is 0.300. The zero-order chi connectivity index (χ0) is 13.1. The second kappa shape index (κ2) is 5.03. The SMILES string of the molecule is CNC(=O)c1ccc(NCC(F)(F)F)c(F)c1. The van der Waals surface area contributed by atoms with Gasteiger partial charge in [-0.2, -0.15) is 13.2 Å². The fourth-order valence-electron chi connectivity index (χ4n) is 1.14. The monoisotopic (exact) mass is 250 g/mol. The first kappa shape index (κ1) is 13.3. The van der Waals surface area contributed by atoms with Crippen molar-refractivity contribution in [1.29, 1.82) is 0 Å². The molecule has 7 heteroatoms. The molecule has 0 spiro atoms. The molecule has 0 aliphatic rings. The first-order valence-corrected chi connectivity index (χ1v) is 4.66. The van der Waals surface area contributed by atoms with Gasteiger partial charge < -0.3 is 10.6 Å². The first-order valence-electron chi connectivity index (χ1n) is 4.66. The molecule has 0 radical (unpaired) electrons. The summed E-state index contributed by atoms with van der Waals surface area (Å²) in [5.41, 5.74) is -0.252. The Balaban J connectivity index is 2.80. The number of hydrogen-bond acceptors (Lipinski definition) is 2. The number of rotatable bonds is 3. The minimum absolute atomic E-state index is 0.0440. The molecule has 1 rings (SSSR count). The Hall–Kier alpha value is -1.79. The Morgan fingerprint density at radius 1 is 1.35 bits per heavy atom. The van der Waals surface area contributed by atoms with E-state index in [0.717, 1.165) is 12.1 Å². The molecule has 3 nitrogen and oxygen atoms in total. The average Bonchev–Trinajstić information content (AvgIpc) is 2.25. The summed E-state index contributed by atoms with van der Waals surface area (Å²) >= 11 is 0. The molecule has 0 aliphatic carbocycles. The van der Waals surface area contributed by atoms with E-state index >= 15 is 0 Å². The minimum Gasteiger partial charge on any atom is -0.374 e. The van der Waals surface area contributed by atoms with E-state index in [1.807, 2.05) is 5.32 Å². The van der Waals surface area contributed by atoms with Crippen LogP contribution in [0.25, 0.3) is 0 Å². The van der Waals surface area contributed by atoms with Gasteiger partial charge in [0.25, 0.3) is 5.91 Å². The summed E-state index contributed by atoms with van der Waals surface area (Å²) in [6.45, 7) is -1.33. The number of carbonyl (C=O) groups is 1. The molecule has 94 valence electrons. The number of hydrogen-bond donors (Lipinski definition) is 2. The van der Waals surface area contributed by atoms with E-state index in [9.17, 15) is 22.4 Å². The number of halogens is 4. The van der Waals surface area contributed by atoms with Crippen LogP contribution in [0.2, 0.25) is 0 Å². The van der Waals surface area contributed by atoms with Crippen molar-refractivity contribution < 1.29 is 22.4 Å². The second-order valence-corrected chi connectivity index (χ2v) is 3.24. The molecule has 0 fully saturated rings. The molecular formula is C10H10F4N2O. The summed E-state index contributed by atoms with van der Waals surface area (Å²) in [7, 11) is 1.37. The van der Waals surface area contributed by atoms with Gasteiger partial charge in [0.05, 0.1) is 5.69 Å². The normalized spacial score (nSPS) is 11.1. The van der Waals surface area contributed by atoms with Gasteiger partial charge in [-0.15, -0.1) is 0 Å². The molecule has 0 aliphatic heterocycles. The molecule has 0 atom stereocenters. The van der Waals surface area contributed by atoms with Gasteiger partial charge in [0.2, 0.25) is 0 Å². The van der Waals surface area contributed by atoms with Crippen molar-refractivity contribution in [3.8, 4) is 0 Å². The Morgan fingerprint density at radius 3 is 2.47 bits per heavy atom. The molecule has 1 aromatic rings. The van der Waals surface area contributed by atoms with E-state index in [1.165, 1.54) is 13.1 Å². The number of carbonyl (C=O) groups excluding carboxylic acids is 1. The minimum atomic E-state index is -4.42. The van der Waals surface area contributed by atoms with Crippen LogP contribution in [0.15, 0.2) is 18.2 Å². The van der Waals surface area contributed by atoms with Crippen LogP contribution in [0, 0.1) is 5.82 Å². The third-order valence-electron chi connectivity index (χ3n) is 1.94. The van der Waals surface area contributed by atoms with Crippen LogP contribution in [-0.2, 0) is 0 Å². The maximum atomic E-state index is 13.3. The van der Waals surface area contributed by atoms with Crippen LogP contribution in [0.5, 0.6) is 0 Å². The van der Waals surface area contributed by atoms with Crippen LogP contribution in [0.1, 0.15) is 10.4 Å². The highest BCUT2D eigenvalue weighted by Crippen LogP contribution is 2.19. The van der Waals surface area contributed by atoms with E-state index in [1.54, 1.807) is 0 Å². The van der Waals surface area contributed by atoms with E-state index in [0.29, 0.717) is 0 Å². The highest BCUT2D eigenvalue weighted by Gasteiger charge is 2.27. The quantitative estimate of drug-likeness (QED) is 0.807. The van der Waals surface area contributed by atoms with Crippen LogP contribution in [0.4, 0.5) is 23.2 Å². The Kier molecular flexibility index (Phi) is 3.93. The summed E-state index contributed by atoms with van der Waals surface area (Å²) in [6, 6.07) is 3.20. The van der Waals surface area contributed by atoms with Crippen molar-refractivity contribution in [1.82, 2.24) is 5.32 Å². The third kappa shape index (κ3) is 3.93. The van der Waals surface area contributed by atoms with E-state index in [4.69, 9.17) is 0 Å². The summed E-state index contributed by atoms with van der Waals surface area (Å²) in [6.07, 6.45) is -4.42. The van der Waals surface area contributed by atoms with E-state index in [-0.39, 0.29) is 11.3 Å².